The lowest BCUT2D eigenvalue weighted by molar-refractivity contribution is 0.149. The first-order chi connectivity index (χ1) is 8.08. The molecule has 2 aromatic rings. The highest BCUT2D eigenvalue weighted by Crippen LogP contribution is 2.27. The minimum absolute atomic E-state index is 0.445. The summed E-state index contributed by atoms with van der Waals surface area (Å²) in [5, 5.41) is 10.7. The van der Waals surface area contributed by atoms with Crippen LogP contribution >= 0.6 is 27.5 Å². The normalized spacial score (nSPS) is 12.7. The van der Waals surface area contributed by atoms with Gasteiger partial charge in [0.05, 0.1) is 6.26 Å². The lowest BCUT2D eigenvalue weighted by atomic mass is 10.0. The van der Waals surface area contributed by atoms with Crippen LogP contribution in [0.4, 0.5) is 0 Å². The van der Waals surface area contributed by atoms with Crippen LogP contribution in [0.2, 0.25) is 5.02 Å². The Bertz CT molecular complexity index is 522. The van der Waals surface area contributed by atoms with E-state index in [9.17, 15) is 5.11 Å². The highest BCUT2D eigenvalue weighted by Gasteiger charge is 2.16. The van der Waals surface area contributed by atoms with E-state index >= 15 is 0 Å². The van der Waals surface area contributed by atoms with Crippen molar-refractivity contribution in [1.82, 2.24) is 0 Å². The molecule has 0 amide bonds. The quantitative estimate of drug-likeness (QED) is 0.917. The molecule has 1 unspecified atom stereocenters. The summed E-state index contributed by atoms with van der Waals surface area (Å²) in [7, 11) is 0. The molecule has 0 saturated carbocycles. The third kappa shape index (κ3) is 2.92. The molecule has 1 atom stereocenters. The SMILES string of the molecule is Cc1ccoc1C(O)Cc1ccc(Br)cc1Cl. The molecule has 0 bridgehead atoms. The maximum atomic E-state index is 10.1. The van der Waals surface area contributed by atoms with E-state index in [1.54, 1.807) is 6.26 Å². The first-order valence-electron chi connectivity index (χ1n) is 5.24. The van der Waals surface area contributed by atoms with Crippen molar-refractivity contribution in [3.05, 3.63) is 56.9 Å². The van der Waals surface area contributed by atoms with Crippen LogP contribution in [0.3, 0.4) is 0 Å². The van der Waals surface area contributed by atoms with Gasteiger partial charge in [0.2, 0.25) is 0 Å². The molecule has 0 radical (unpaired) electrons. The fourth-order valence-electron chi connectivity index (χ4n) is 1.71. The highest BCUT2D eigenvalue weighted by atomic mass is 79.9. The second kappa shape index (κ2) is 5.25. The molecule has 1 aromatic carbocycles. The van der Waals surface area contributed by atoms with Crippen LogP contribution in [0, 0.1) is 6.92 Å². The minimum Gasteiger partial charge on any atom is -0.466 e. The largest absolute Gasteiger partial charge is 0.466 e. The number of aliphatic hydroxyl groups is 1. The minimum atomic E-state index is -0.663. The number of halogens is 2. The number of aliphatic hydroxyl groups excluding tert-OH is 1. The number of rotatable bonds is 3. The summed E-state index contributed by atoms with van der Waals surface area (Å²) in [5.41, 5.74) is 1.85. The third-order valence-corrected chi connectivity index (χ3v) is 3.48. The van der Waals surface area contributed by atoms with Crippen LogP contribution in [-0.2, 0) is 6.42 Å². The predicted octanol–water partition coefficient (Wildman–Crippen LogP) is 4.28. The Hall–Kier alpha value is -0.770. The van der Waals surface area contributed by atoms with E-state index in [-0.39, 0.29) is 0 Å². The van der Waals surface area contributed by atoms with Crippen LogP contribution in [0.25, 0.3) is 0 Å². The van der Waals surface area contributed by atoms with E-state index in [1.807, 2.05) is 31.2 Å². The summed E-state index contributed by atoms with van der Waals surface area (Å²) in [4.78, 5) is 0. The van der Waals surface area contributed by atoms with Crippen molar-refractivity contribution >= 4 is 27.5 Å². The molecule has 2 rings (SSSR count). The monoisotopic (exact) mass is 314 g/mol. The molecule has 0 aliphatic carbocycles. The van der Waals surface area contributed by atoms with Gasteiger partial charge in [-0.25, -0.2) is 0 Å². The van der Waals surface area contributed by atoms with E-state index in [1.165, 1.54) is 0 Å². The zero-order valence-electron chi connectivity index (χ0n) is 9.28. The van der Waals surface area contributed by atoms with Gasteiger partial charge in [-0.15, -0.1) is 0 Å². The van der Waals surface area contributed by atoms with Gasteiger partial charge in [-0.2, -0.15) is 0 Å². The lowest BCUT2D eigenvalue weighted by Crippen LogP contribution is -2.02. The molecule has 4 heteroatoms. The predicted molar refractivity (Wildman–Crippen MR) is 71.3 cm³/mol. The molecule has 0 spiro atoms. The van der Waals surface area contributed by atoms with Gasteiger partial charge in [-0.1, -0.05) is 33.6 Å². The maximum absolute atomic E-state index is 10.1. The van der Waals surface area contributed by atoms with Gasteiger partial charge in [0, 0.05) is 15.9 Å². The lowest BCUT2D eigenvalue weighted by Gasteiger charge is -2.10. The third-order valence-electron chi connectivity index (χ3n) is 2.63. The van der Waals surface area contributed by atoms with Crippen LogP contribution in [0.1, 0.15) is 23.0 Å². The Morgan fingerprint density at radius 2 is 2.18 bits per heavy atom. The van der Waals surface area contributed by atoms with Crippen LogP contribution in [0.5, 0.6) is 0 Å². The number of benzene rings is 1. The van der Waals surface area contributed by atoms with Crippen molar-refractivity contribution in [3.63, 3.8) is 0 Å². The van der Waals surface area contributed by atoms with Crippen LogP contribution in [-0.4, -0.2) is 5.11 Å². The molecule has 90 valence electrons. The standard InChI is InChI=1S/C13H12BrClO2/c1-8-4-5-17-13(8)12(16)6-9-2-3-10(14)7-11(9)15/h2-5,7,12,16H,6H2,1H3. The van der Waals surface area contributed by atoms with Gasteiger partial charge in [-0.05, 0) is 36.2 Å². The molecule has 2 nitrogen and oxygen atoms in total. The zero-order valence-corrected chi connectivity index (χ0v) is 11.6. The Labute approximate surface area is 113 Å². The van der Waals surface area contributed by atoms with E-state index in [0.717, 1.165) is 15.6 Å². The molecule has 1 aromatic heterocycles. The Morgan fingerprint density at radius 1 is 1.41 bits per heavy atom. The second-order valence-corrected chi connectivity index (χ2v) is 5.25. The van der Waals surface area contributed by atoms with Crippen molar-refractivity contribution < 1.29 is 9.52 Å². The van der Waals surface area contributed by atoms with Crippen molar-refractivity contribution in [3.8, 4) is 0 Å². The summed E-state index contributed by atoms with van der Waals surface area (Å²) in [5.74, 6) is 0.601. The summed E-state index contributed by atoms with van der Waals surface area (Å²) in [6.07, 6.45) is 1.36. The first-order valence-corrected chi connectivity index (χ1v) is 6.41. The van der Waals surface area contributed by atoms with Gasteiger partial charge in [-0.3, -0.25) is 0 Å². The van der Waals surface area contributed by atoms with Crippen LogP contribution in [0.15, 0.2) is 39.4 Å². The van der Waals surface area contributed by atoms with Crippen molar-refractivity contribution in [2.75, 3.05) is 0 Å². The number of hydrogen-bond donors (Lipinski definition) is 1. The van der Waals surface area contributed by atoms with E-state index in [0.29, 0.717) is 17.2 Å². The Morgan fingerprint density at radius 3 is 2.76 bits per heavy atom. The summed E-state index contributed by atoms with van der Waals surface area (Å²) < 4.78 is 6.19. The molecule has 0 fully saturated rings. The van der Waals surface area contributed by atoms with Gasteiger partial charge < -0.3 is 9.52 Å². The average Bonchev–Trinajstić information content (AvgIpc) is 2.68. The van der Waals surface area contributed by atoms with Gasteiger partial charge >= 0.3 is 0 Å². The topological polar surface area (TPSA) is 33.4 Å². The van der Waals surface area contributed by atoms with Gasteiger partial charge in [0.25, 0.3) is 0 Å². The molecular formula is C13H12BrClO2. The second-order valence-electron chi connectivity index (χ2n) is 3.92. The number of furan rings is 1. The molecular weight excluding hydrogens is 303 g/mol. The van der Waals surface area contributed by atoms with Gasteiger partial charge in [0.15, 0.2) is 0 Å². The first kappa shape index (κ1) is 12.7. The summed E-state index contributed by atoms with van der Waals surface area (Å²) in [6.45, 7) is 1.91. The number of aryl methyl sites for hydroxylation is 1. The summed E-state index contributed by atoms with van der Waals surface area (Å²) in [6, 6.07) is 7.46. The Kier molecular flexibility index (Phi) is 3.92. The zero-order chi connectivity index (χ0) is 12.4. The molecule has 0 saturated heterocycles. The van der Waals surface area contributed by atoms with E-state index < -0.39 is 6.10 Å². The average molecular weight is 316 g/mol. The van der Waals surface area contributed by atoms with Gasteiger partial charge in [0.1, 0.15) is 11.9 Å². The molecule has 0 aliphatic heterocycles. The smallest absolute Gasteiger partial charge is 0.135 e. The number of hydrogen-bond acceptors (Lipinski definition) is 2. The fourth-order valence-corrected chi connectivity index (χ4v) is 2.46. The summed E-state index contributed by atoms with van der Waals surface area (Å²) >= 11 is 9.45. The Balaban J connectivity index is 2.19. The van der Waals surface area contributed by atoms with Crippen molar-refractivity contribution in [2.24, 2.45) is 0 Å². The fraction of sp³-hybridized carbons (Fsp3) is 0.231. The highest BCUT2D eigenvalue weighted by molar-refractivity contribution is 9.10. The van der Waals surface area contributed by atoms with Crippen LogP contribution < -0.4 is 0 Å². The van der Waals surface area contributed by atoms with Crippen molar-refractivity contribution in [2.45, 2.75) is 19.4 Å². The maximum Gasteiger partial charge on any atom is 0.135 e. The molecule has 1 heterocycles. The molecule has 1 N–H and O–H groups in total. The van der Waals surface area contributed by atoms with E-state index in [4.69, 9.17) is 16.0 Å². The molecule has 0 aliphatic rings. The molecule has 17 heavy (non-hydrogen) atoms. The van der Waals surface area contributed by atoms with E-state index in [2.05, 4.69) is 15.9 Å². The van der Waals surface area contributed by atoms with Crippen molar-refractivity contribution in [1.29, 1.82) is 0 Å².